The molecule has 1 aliphatic heterocycles. The lowest BCUT2D eigenvalue weighted by atomic mass is 9.64. The van der Waals surface area contributed by atoms with E-state index < -0.39 is 17.3 Å². The van der Waals surface area contributed by atoms with Crippen LogP contribution in [-0.2, 0) is 35.0 Å². The Kier molecular flexibility index (Phi) is 8.82. The Labute approximate surface area is 226 Å². The van der Waals surface area contributed by atoms with Crippen LogP contribution >= 0.6 is 0 Å². The molecule has 0 aromatic heterocycles. The Morgan fingerprint density at radius 2 is 1.71 bits per heavy atom. The first-order valence-electron chi connectivity index (χ1n) is 14.1. The van der Waals surface area contributed by atoms with Gasteiger partial charge in [0.25, 0.3) is 0 Å². The van der Waals surface area contributed by atoms with E-state index in [1.165, 1.54) is 5.56 Å². The molecule has 3 atom stereocenters. The van der Waals surface area contributed by atoms with Crippen LogP contribution in [0.2, 0.25) is 0 Å². The Hall–Kier alpha value is -2.45. The van der Waals surface area contributed by atoms with Crippen molar-refractivity contribution in [2.24, 2.45) is 10.8 Å². The van der Waals surface area contributed by atoms with Gasteiger partial charge in [-0.2, -0.15) is 0 Å². The lowest BCUT2D eigenvalue weighted by molar-refractivity contribution is -0.304. The first-order valence-corrected chi connectivity index (χ1v) is 14.1. The third-order valence-corrected chi connectivity index (χ3v) is 8.25. The summed E-state index contributed by atoms with van der Waals surface area (Å²) in [5.74, 6) is -1.39. The standard InChI is InChI=1S/C30H44N2O6/c1-28(2)20-36-29(3,4)38-25(28)26(34)31-18-15-24(33)37-23-14-9-8-13-22(23)32-27(35)30(16-10-17-30)19-21-11-6-5-7-12-21/h5-7,11-12,22-23,25H,8-10,13-20H2,1-4H3,(H,31,34)(H,32,35)/t22-,23-,25?/m0/s1. The number of carbonyl (C=O) groups excluding carboxylic acids is 3. The van der Waals surface area contributed by atoms with Crippen LogP contribution in [0.1, 0.15) is 84.6 Å². The van der Waals surface area contributed by atoms with Crippen molar-refractivity contribution in [1.82, 2.24) is 10.6 Å². The summed E-state index contributed by atoms with van der Waals surface area (Å²) in [6.45, 7) is 7.99. The molecule has 1 heterocycles. The number of benzene rings is 1. The van der Waals surface area contributed by atoms with E-state index in [0.717, 1.165) is 51.4 Å². The van der Waals surface area contributed by atoms with Gasteiger partial charge in [-0.3, -0.25) is 14.4 Å². The minimum absolute atomic E-state index is 0.0634. The molecule has 3 fully saturated rings. The highest BCUT2D eigenvalue weighted by Gasteiger charge is 2.46. The first kappa shape index (κ1) is 28.6. The van der Waals surface area contributed by atoms with E-state index >= 15 is 0 Å². The fourth-order valence-corrected chi connectivity index (χ4v) is 5.73. The molecule has 3 aliphatic rings. The number of rotatable bonds is 9. The molecule has 1 aromatic carbocycles. The number of ether oxygens (including phenoxy) is 3. The van der Waals surface area contributed by atoms with Crippen LogP contribution < -0.4 is 10.6 Å². The lowest BCUT2D eigenvalue weighted by Crippen LogP contribution is -2.56. The molecule has 2 aliphatic carbocycles. The molecule has 1 saturated heterocycles. The van der Waals surface area contributed by atoms with E-state index in [4.69, 9.17) is 14.2 Å². The van der Waals surface area contributed by atoms with Crippen molar-refractivity contribution in [3.8, 4) is 0 Å². The summed E-state index contributed by atoms with van der Waals surface area (Å²) in [5.41, 5.74) is 0.326. The average molecular weight is 529 g/mol. The predicted molar refractivity (Wildman–Crippen MR) is 143 cm³/mol. The molecule has 0 radical (unpaired) electrons. The summed E-state index contributed by atoms with van der Waals surface area (Å²) in [7, 11) is 0. The van der Waals surface area contributed by atoms with Crippen LogP contribution in [0.4, 0.5) is 0 Å². The average Bonchev–Trinajstić information content (AvgIpc) is 2.85. The Bertz CT molecular complexity index is 988. The maximum Gasteiger partial charge on any atom is 0.307 e. The highest BCUT2D eigenvalue weighted by Crippen LogP contribution is 2.44. The lowest BCUT2D eigenvalue weighted by Gasteiger charge is -2.44. The van der Waals surface area contributed by atoms with Gasteiger partial charge in [-0.25, -0.2) is 0 Å². The summed E-state index contributed by atoms with van der Waals surface area (Å²) in [6.07, 6.45) is 6.10. The number of amides is 2. The molecule has 8 nitrogen and oxygen atoms in total. The molecule has 2 amide bonds. The van der Waals surface area contributed by atoms with Gasteiger partial charge in [-0.1, -0.05) is 57.0 Å². The fraction of sp³-hybridized carbons (Fsp3) is 0.700. The van der Waals surface area contributed by atoms with Crippen molar-refractivity contribution in [3.63, 3.8) is 0 Å². The molecule has 2 saturated carbocycles. The molecule has 1 unspecified atom stereocenters. The Morgan fingerprint density at radius 3 is 2.39 bits per heavy atom. The Morgan fingerprint density at radius 1 is 1.00 bits per heavy atom. The number of nitrogens with one attached hydrogen (secondary N) is 2. The fourth-order valence-electron chi connectivity index (χ4n) is 5.73. The SMILES string of the molecule is CC1(C)OCC(C)(C)C(C(=O)NCCC(=O)O[C@H]2CCCC[C@@H]2NC(=O)C2(Cc3ccccc3)CCC2)O1. The van der Waals surface area contributed by atoms with Crippen LogP contribution in [0.25, 0.3) is 0 Å². The van der Waals surface area contributed by atoms with Crippen molar-refractivity contribution < 1.29 is 28.6 Å². The molecule has 1 aromatic rings. The molecule has 210 valence electrons. The van der Waals surface area contributed by atoms with E-state index in [1.54, 1.807) is 13.8 Å². The largest absolute Gasteiger partial charge is 0.460 e. The van der Waals surface area contributed by atoms with Crippen molar-refractivity contribution in [2.45, 2.75) is 110 Å². The van der Waals surface area contributed by atoms with E-state index in [-0.39, 0.29) is 48.3 Å². The second-order valence-corrected chi connectivity index (χ2v) is 12.4. The van der Waals surface area contributed by atoms with Crippen LogP contribution in [-0.4, -0.2) is 55.0 Å². The summed E-state index contributed by atoms with van der Waals surface area (Å²) >= 11 is 0. The van der Waals surface area contributed by atoms with E-state index in [9.17, 15) is 14.4 Å². The summed E-state index contributed by atoms with van der Waals surface area (Å²) in [5, 5.41) is 6.08. The highest BCUT2D eigenvalue weighted by molar-refractivity contribution is 5.84. The zero-order valence-electron chi connectivity index (χ0n) is 23.3. The Balaban J connectivity index is 1.26. The smallest absolute Gasteiger partial charge is 0.307 e. The monoisotopic (exact) mass is 528 g/mol. The molecular formula is C30H44N2O6. The van der Waals surface area contributed by atoms with Crippen molar-refractivity contribution >= 4 is 17.8 Å². The van der Waals surface area contributed by atoms with Gasteiger partial charge in [0.1, 0.15) is 12.2 Å². The number of carbonyl (C=O) groups is 3. The van der Waals surface area contributed by atoms with Crippen LogP contribution in [0.3, 0.4) is 0 Å². The van der Waals surface area contributed by atoms with Gasteiger partial charge in [-0.05, 0) is 57.9 Å². The minimum Gasteiger partial charge on any atom is -0.460 e. The second kappa shape index (κ2) is 11.7. The molecule has 8 heteroatoms. The van der Waals surface area contributed by atoms with E-state index in [1.807, 2.05) is 32.0 Å². The maximum atomic E-state index is 13.4. The minimum atomic E-state index is -0.837. The third-order valence-electron chi connectivity index (χ3n) is 8.25. The maximum absolute atomic E-state index is 13.4. The van der Waals surface area contributed by atoms with Crippen LogP contribution in [0.15, 0.2) is 30.3 Å². The topological polar surface area (TPSA) is 103 Å². The van der Waals surface area contributed by atoms with Crippen molar-refractivity contribution in [3.05, 3.63) is 35.9 Å². The van der Waals surface area contributed by atoms with Gasteiger partial charge in [0.2, 0.25) is 11.8 Å². The van der Waals surface area contributed by atoms with Crippen molar-refractivity contribution in [1.29, 1.82) is 0 Å². The second-order valence-electron chi connectivity index (χ2n) is 12.4. The highest BCUT2D eigenvalue weighted by atomic mass is 16.7. The van der Waals surface area contributed by atoms with Gasteiger partial charge in [0.05, 0.1) is 24.5 Å². The number of esters is 1. The molecule has 2 N–H and O–H groups in total. The molecule has 0 bridgehead atoms. The number of hydrogen-bond donors (Lipinski definition) is 2. The zero-order chi connectivity index (χ0) is 27.4. The molecule has 0 spiro atoms. The van der Waals surface area contributed by atoms with Gasteiger partial charge < -0.3 is 24.8 Å². The van der Waals surface area contributed by atoms with Gasteiger partial charge >= 0.3 is 5.97 Å². The van der Waals surface area contributed by atoms with E-state index in [0.29, 0.717) is 6.61 Å². The van der Waals surface area contributed by atoms with Crippen LogP contribution in [0, 0.1) is 10.8 Å². The summed E-state index contributed by atoms with van der Waals surface area (Å²) in [4.78, 5) is 38.9. The van der Waals surface area contributed by atoms with Gasteiger partial charge in [0, 0.05) is 12.0 Å². The summed E-state index contributed by atoms with van der Waals surface area (Å²) < 4.78 is 17.4. The van der Waals surface area contributed by atoms with Gasteiger partial charge in [-0.15, -0.1) is 0 Å². The predicted octanol–water partition coefficient (Wildman–Crippen LogP) is 4.05. The van der Waals surface area contributed by atoms with Crippen LogP contribution in [0.5, 0.6) is 0 Å². The zero-order valence-corrected chi connectivity index (χ0v) is 23.3. The number of hydrogen-bond acceptors (Lipinski definition) is 6. The van der Waals surface area contributed by atoms with Crippen molar-refractivity contribution in [2.75, 3.05) is 13.2 Å². The third kappa shape index (κ3) is 6.94. The normalized spacial score (nSPS) is 27.4. The van der Waals surface area contributed by atoms with Gasteiger partial charge in [0.15, 0.2) is 5.79 Å². The van der Waals surface area contributed by atoms with E-state index in [2.05, 4.69) is 22.8 Å². The summed E-state index contributed by atoms with van der Waals surface area (Å²) in [6, 6.07) is 9.99. The first-order chi connectivity index (χ1) is 18.0. The molecule has 4 rings (SSSR count). The quantitative estimate of drug-likeness (QED) is 0.469. The molecule has 38 heavy (non-hydrogen) atoms. The molecular weight excluding hydrogens is 484 g/mol.